The molecule has 0 atom stereocenters. The number of rotatable bonds is 4. The van der Waals surface area contributed by atoms with Gasteiger partial charge in [0.25, 0.3) is 0 Å². The van der Waals surface area contributed by atoms with Crippen molar-refractivity contribution in [3.05, 3.63) is 30.0 Å². The van der Waals surface area contributed by atoms with Crippen LogP contribution in [0.15, 0.2) is 28.9 Å². The molecule has 0 spiro atoms. The summed E-state index contributed by atoms with van der Waals surface area (Å²) in [5.74, 6) is 0.996. The van der Waals surface area contributed by atoms with E-state index in [1.807, 2.05) is 18.2 Å². The smallest absolute Gasteiger partial charge is 0.134 e. The van der Waals surface area contributed by atoms with E-state index in [9.17, 15) is 4.79 Å². The zero-order chi connectivity index (χ0) is 11.5. The maximum Gasteiger partial charge on any atom is 0.134 e. The molecular weight excluding hydrogens is 204 g/mol. The number of carbonyl (C=O) groups excluding carboxylic acids is 1. The number of hydrogen-bond donors (Lipinski definition) is 0. The Kier molecular flexibility index (Phi) is 2.95. The highest BCUT2D eigenvalue weighted by molar-refractivity contribution is 5.83. The van der Waals surface area contributed by atoms with Gasteiger partial charge in [0.2, 0.25) is 0 Å². The number of carbonyl (C=O) groups is 1. The average molecular weight is 218 g/mol. The Morgan fingerprint density at radius 3 is 2.94 bits per heavy atom. The molecule has 0 radical (unpaired) electrons. The van der Waals surface area contributed by atoms with Gasteiger partial charge in [-0.1, -0.05) is 0 Å². The molecular formula is C13H14O3. The van der Waals surface area contributed by atoms with Crippen molar-refractivity contribution in [2.75, 3.05) is 7.11 Å². The second-order valence-electron chi connectivity index (χ2n) is 3.83. The molecule has 3 heteroatoms. The summed E-state index contributed by atoms with van der Waals surface area (Å²) in [5.41, 5.74) is 1.89. The van der Waals surface area contributed by atoms with Crippen LogP contribution in [0.3, 0.4) is 0 Å². The first-order valence-electron chi connectivity index (χ1n) is 5.24. The molecule has 0 unspecified atom stereocenters. The summed E-state index contributed by atoms with van der Waals surface area (Å²) in [4.78, 5) is 10.9. The van der Waals surface area contributed by atoms with Crippen molar-refractivity contribution >= 4 is 16.8 Å². The van der Waals surface area contributed by atoms with E-state index in [0.717, 1.165) is 28.7 Å². The van der Waals surface area contributed by atoms with Crippen molar-refractivity contribution < 1.29 is 13.9 Å². The minimum Gasteiger partial charge on any atom is -0.497 e. The van der Waals surface area contributed by atoms with Crippen molar-refractivity contribution in [3.8, 4) is 5.75 Å². The van der Waals surface area contributed by atoms with Gasteiger partial charge in [0, 0.05) is 11.8 Å². The highest BCUT2D eigenvalue weighted by Gasteiger charge is 2.07. The predicted molar refractivity (Wildman–Crippen MR) is 61.8 cm³/mol. The molecule has 16 heavy (non-hydrogen) atoms. The number of aryl methyl sites for hydroxylation is 1. The van der Waals surface area contributed by atoms with Gasteiger partial charge in [-0.05, 0) is 37.1 Å². The Hall–Kier alpha value is -1.77. The molecule has 1 heterocycles. The maximum atomic E-state index is 10.9. The summed E-state index contributed by atoms with van der Waals surface area (Å²) in [5, 5.41) is 1.03. The first kappa shape index (κ1) is 10.7. The molecule has 2 aromatic rings. The van der Waals surface area contributed by atoms with Gasteiger partial charge in [-0.3, -0.25) is 0 Å². The predicted octanol–water partition coefficient (Wildman–Crippen LogP) is 2.96. The highest BCUT2D eigenvalue weighted by Crippen LogP contribution is 2.26. The van der Waals surface area contributed by atoms with Crippen LogP contribution in [0, 0.1) is 0 Å². The zero-order valence-electron chi connectivity index (χ0n) is 9.45. The van der Waals surface area contributed by atoms with Crippen LogP contribution in [0.4, 0.5) is 0 Å². The molecule has 2 rings (SSSR count). The third kappa shape index (κ3) is 2.08. The van der Waals surface area contributed by atoms with E-state index >= 15 is 0 Å². The Morgan fingerprint density at radius 2 is 2.25 bits per heavy atom. The normalized spacial score (nSPS) is 10.6. The Bertz CT molecular complexity index is 511. The number of hydrogen-bond acceptors (Lipinski definition) is 3. The highest BCUT2D eigenvalue weighted by atomic mass is 16.5. The fourth-order valence-corrected chi connectivity index (χ4v) is 1.69. The van der Waals surface area contributed by atoms with Crippen LogP contribution in [0.2, 0.25) is 0 Å². The van der Waals surface area contributed by atoms with Crippen molar-refractivity contribution in [1.29, 1.82) is 0 Å². The molecule has 0 aliphatic carbocycles. The lowest BCUT2D eigenvalue weighted by atomic mass is 10.1. The quantitative estimate of drug-likeness (QED) is 0.792. The number of ether oxygens (including phenoxy) is 1. The van der Waals surface area contributed by atoms with Crippen molar-refractivity contribution in [1.82, 2.24) is 0 Å². The van der Waals surface area contributed by atoms with E-state index in [-0.39, 0.29) is 5.78 Å². The summed E-state index contributed by atoms with van der Waals surface area (Å²) < 4.78 is 10.6. The third-order valence-corrected chi connectivity index (χ3v) is 2.61. The zero-order valence-corrected chi connectivity index (χ0v) is 9.45. The van der Waals surface area contributed by atoms with E-state index in [4.69, 9.17) is 9.15 Å². The second-order valence-corrected chi connectivity index (χ2v) is 3.83. The SMILES string of the molecule is COc1ccc2occ(CCC(C)=O)c2c1. The molecule has 84 valence electrons. The number of methoxy groups -OCH3 is 1. The average Bonchev–Trinajstić information content (AvgIpc) is 2.68. The molecule has 0 N–H and O–H groups in total. The first-order chi connectivity index (χ1) is 7.70. The molecule has 0 saturated heterocycles. The fourth-order valence-electron chi connectivity index (χ4n) is 1.69. The van der Waals surface area contributed by atoms with Crippen LogP contribution in [0.1, 0.15) is 18.9 Å². The maximum absolute atomic E-state index is 10.9. The largest absolute Gasteiger partial charge is 0.497 e. The topological polar surface area (TPSA) is 39.4 Å². The number of furan rings is 1. The van der Waals surface area contributed by atoms with Crippen LogP contribution in [-0.2, 0) is 11.2 Å². The molecule has 0 saturated carbocycles. The van der Waals surface area contributed by atoms with E-state index in [1.54, 1.807) is 20.3 Å². The lowest BCUT2D eigenvalue weighted by Crippen LogP contribution is -1.93. The standard InChI is InChI=1S/C13H14O3/c1-9(14)3-4-10-8-16-13-6-5-11(15-2)7-12(10)13/h5-8H,3-4H2,1-2H3. The van der Waals surface area contributed by atoms with Crippen LogP contribution >= 0.6 is 0 Å². The Balaban J connectivity index is 2.34. The van der Waals surface area contributed by atoms with Crippen LogP contribution in [0.25, 0.3) is 11.0 Å². The molecule has 0 bridgehead atoms. The molecule has 3 nitrogen and oxygen atoms in total. The van der Waals surface area contributed by atoms with Crippen molar-refractivity contribution in [3.63, 3.8) is 0 Å². The number of Topliss-reactive ketones (excluding diaryl/α,β-unsaturated/α-hetero) is 1. The van der Waals surface area contributed by atoms with Gasteiger partial charge in [0.15, 0.2) is 0 Å². The van der Waals surface area contributed by atoms with E-state index < -0.39 is 0 Å². The summed E-state index contributed by atoms with van der Waals surface area (Å²) in [6, 6.07) is 5.68. The van der Waals surface area contributed by atoms with Crippen LogP contribution in [0.5, 0.6) is 5.75 Å². The number of ketones is 1. The minimum atomic E-state index is 0.192. The van der Waals surface area contributed by atoms with E-state index in [2.05, 4.69) is 0 Å². The van der Waals surface area contributed by atoms with Gasteiger partial charge in [-0.2, -0.15) is 0 Å². The molecule has 1 aromatic heterocycles. The first-order valence-corrected chi connectivity index (χ1v) is 5.24. The molecule has 0 fully saturated rings. The lowest BCUT2D eigenvalue weighted by Gasteiger charge is -1.99. The van der Waals surface area contributed by atoms with Gasteiger partial charge in [-0.15, -0.1) is 0 Å². The number of benzene rings is 1. The van der Waals surface area contributed by atoms with E-state index in [1.165, 1.54) is 0 Å². The summed E-state index contributed by atoms with van der Waals surface area (Å²) in [6.45, 7) is 1.60. The monoisotopic (exact) mass is 218 g/mol. The molecule has 1 aromatic carbocycles. The summed E-state index contributed by atoms with van der Waals surface area (Å²) in [6.07, 6.45) is 2.98. The van der Waals surface area contributed by atoms with Gasteiger partial charge in [-0.25, -0.2) is 0 Å². The van der Waals surface area contributed by atoms with Gasteiger partial charge >= 0.3 is 0 Å². The third-order valence-electron chi connectivity index (χ3n) is 2.61. The Labute approximate surface area is 94.0 Å². The molecule has 0 amide bonds. The summed E-state index contributed by atoms with van der Waals surface area (Å²) in [7, 11) is 1.64. The van der Waals surface area contributed by atoms with Crippen LogP contribution in [-0.4, -0.2) is 12.9 Å². The lowest BCUT2D eigenvalue weighted by molar-refractivity contribution is -0.116. The van der Waals surface area contributed by atoms with E-state index in [0.29, 0.717) is 6.42 Å². The fraction of sp³-hybridized carbons (Fsp3) is 0.308. The van der Waals surface area contributed by atoms with Crippen molar-refractivity contribution in [2.45, 2.75) is 19.8 Å². The van der Waals surface area contributed by atoms with Crippen LogP contribution < -0.4 is 4.74 Å². The summed E-state index contributed by atoms with van der Waals surface area (Å²) >= 11 is 0. The van der Waals surface area contributed by atoms with Gasteiger partial charge < -0.3 is 13.9 Å². The number of fused-ring (bicyclic) bond motifs is 1. The van der Waals surface area contributed by atoms with Gasteiger partial charge in [0.05, 0.1) is 13.4 Å². The minimum absolute atomic E-state index is 0.192. The second kappa shape index (κ2) is 4.39. The van der Waals surface area contributed by atoms with Crippen molar-refractivity contribution in [2.24, 2.45) is 0 Å². The molecule has 0 aliphatic rings. The van der Waals surface area contributed by atoms with Gasteiger partial charge in [0.1, 0.15) is 17.1 Å². The molecule has 0 aliphatic heterocycles. The Morgan fingerprint density at radius 1 is 1.44 bits per heavy atom.